The molecule has 0 spiro atoms. The quantitative estimate of drug-likeness (QED) is 0.842. The van der Waals surface area contributed by atoms with Gasteiger partial charge in [-0.25, -0.2) is 0 Å². The van der Waals surface area contributed by atoms with Crippen molar-refractivity contribution >= 4 is 17.5 Å². The molecular formula is C20H30N4O2. The fourth-order valence-corrected chi connectivity index (χ4v) is 3.71. The maximum atomic E-state index is 13.0. The van der Waals surface area contributed by atoms with E-state index in [9.17, 15) is 9.59 Å². The van der Waals surface area contributed by atoms with Crippen LogP contribution in [0.1, 0.15) is 36.0 Å². The summed E-state index contributed by atoms with van der Waals surface area (Å²) < 4.78 is 0. The van der Waals surface area contributed by atoms with Gasteiger partial charge in [-0.15, -0.1) is 0 Å². The number of anilines is 1. The van der Waals surface area contributed by atoms with Crippen molar-refractivity contribution in [3.8, 4) is 0 Å². The smallest absolute Gasteiger partial charge is 0.256 e. The van der Waals surface area contributed by atoms with E-state index in [0.717, 1.165) is 58.5 Å². The molecule has 142 valence electrons. The molecule has 0 aromatic heterocycles. The molecule has 2 heterocycles. The SMILES string of the molecule is CN1CCCN(C(=O)c2ccccc2NC(=O)CCC2CCNC2)CC1. The largest absolute Gasteiger partial charge is 0.337 e. The molecule has 0 radical (unpaired) electrons. The average Bonchev–Trinajstić information content (AvgIpc) is 3.07. The lowest BCUT2D eigenvalue weighted by Crippen LogP contribution is -2.35. The third-order valence-corrected chi connectivity index (χ3v) is 5.38. The van der Waals surface area contributed by atoms with Crippen LogP contribution in [0.2, 0.25) is 0 Å². The van der Waals surface area contributed by atoms with Crippen LogP contribution in [-0.2, 0) is 4.79 Å². The van der Waals surface area contributed by atoms with Crippen LogP contribution in [0, 0.1) is 5.92 Å². The average molecular weight is 358 g/mol. The Kier molecular flexibility index (Phi) is 6.63. The van der Waals surface area contributed by atoms with Crippen LogP contribution in [0.25, 0.3) is 0 Å². The molecule has 0 bridgehead atoms. The highest BCUT2D eigenvalue weighted by molar-refractivity contribution is 6.03. The van der Waals surface area contributed by atoms with Gasteiger partial charge in [0.05, 0.1) is 11.3 Å². The fourth-order valence-electron chi connectivity index (χ4n) is 3.71. The Balaban J connectivity index is 1.61. The van der Waals surface area contributed by atoms with Gasteiger partial charge in [0.2, 0.25) is 5.91 Å². The molecule has 2 saturated heterocycles. The number of carbonyl (C=O) groups excluding carboxylic acids is 2. The van der Waals surface area contributed by atoms with Crippen molar-refractivity contribution in [3.05, 3.63) is 29.8 Å². The summed E-state index contributed by atoms with van der Waals surface area (Å²) in [6.07, 6.45) is 3.52. The zero-order chi connectivity index (χ0) is 18.4. The molecule has 1 aromatic rings. The molecule has 2 amide bonds. The number of para-hydroxylation sites is 1. The summed E-state index contributed by atoms with van der Waals surface area (Å²) in [5.74, 6) is 0.593. The van der Waals surface area contributed by atoms with Crippen LogP contribution >= 0.6 is 0 Å². The summed E-state index contributed by atoms with van der Waals surface area (Å²) in [4.78, 5) is 29.5. The third-order valence-electron chi connectivity index (χ3n) is 5.38. The van der Waals surface area contributed by atoms with E-state index in [-0.39, 0.29) is 11.8 Å². The molecule has 0 aliphatic carbocycles. The minimum absolute atomic E-state index is 0.00671. The molecule has 1 aromatic carbocycles. The highest BCUT2D eigenvalue weighted by atomic mass is 16.2. The fraction of sp³-hybridized carbons (Fsp3) is 0.600. The van der Waals surface area contributed by atoms with Crippen LogP contribution in [0.4, 0.5) is 5.69 Å². The Hall–Kier alpha value is -1.92. The highest BCUT2D eigenvalue weighted by Crippen LogP contribution is 2.20. The maximum absolute atomic E-state index is 13.0. The third kappa shape index (κ3) is 5.05. The van der Waals surface area contributed by atoms with Crippen molar-refractivity contribution in [1.29, 1.82) is 0 Å². The monoisotopic (exact) mass is 358 g/mol. The summed E-state index contributed by atoms with van der Waals surface area (Å²) in [5, 5.41) is 6.29. The predicted molar refractivity (Wildman–Crippen MR) is 103 cm³/mol. The number of amides is 2. The van der Waals surface area contributed by atoms with E-state index in [0.29, 0.717) is 23.6 Å². The van der Waals surface area contributed by atoms with Gasteiger partial charge in [0.1, 0.15) is 0 Å². The molecule has 6 nitrogen and oxygen atoms in total. The number of nitrogens with zero attached hydrogens (tertiary/aromatic N) is 2. The van der Waals surface area contributed by atoms with Crippen LogP contribution in [-0.4, -0.2) is 67.9 Å². The van der Waals surface area contributed by atoms with Crippen molar-refractivity contribution in [3.63, 3.8) is 0 Å². The Bertz CT molecular complexity index is 628. The first-order valence-corrected chi connectivity index (χ1v) is 9.71. The number of benzene rings is 1. The normalized spacial score (nSPS) is 21.4. The minimum atomic E-state index is -0.00671. The van der Waals surface area contributed by atoms with Gasteiger partial charge < -0.3 is 20.4 Å². The molecule has 2 aliphatic rings. The van der Waals surface area contributed by atoms with Gasteiger partial charge in [-0.1, -0.05) is 12.1 Å². The van der Waals surface area contributed by atoms with Gasteiger partial charge in [0, 0.05) is 26.1 Å². The first-order chi connectivity index (χ1) is 12.6. The van der Waals surface area contributed by atoms with Gasteiger partial charge in [-0.2, -0.15) is 0 Å². The van der Waals surface area contributed by atoms with Gasteiger partial charge in [-0.05, 0) is 64.0 Å². The van der Waals surface area contributed by atoms with Crippen LogP contribution in [0.15, 0.2) is 24.3 Å². The van der Waals surface area contributed by atoms with Gasteiger partial charge in [-0.3, -0.25) is 9.59 Å². The summed E-state index contributed by atoms with van der Waals surface area (Å²) in [5.41, 5.74) is 1.22. The van der Waals surface area contributed by atoms with Crippen molar-refractivity contribution in [2.75, 3.05) is 51.6 Å². The molecule has 1 unspecified atom stereocenters. The van der Waals surface area contributed by atoms with Crippen LogP contribution < -0.4 is 10.6 Å². The highest BCUT2D eigenvalue weighted by Gasteiger charge is 2.22. The number of rotatable bonds is 5. The molecule has 2 N–H and O–H groups in total. The predicted octanol–water partition coefficient (Wildman–Crippen LogP) is 1.79. The number of nitrogens with one attached hydrogen (secondary N) is 2. The topological polar surface area (TPSA) is 64.7 Å². The number of carbonyl (C=O) groups is 2. The summed E-state index contributed by atoms with van der Waals surface area (Å²) in [7, 11) is 2.09. The van der Waals surface area contributed by atoms with Crippen LogP contribution in [0.3, 0.4) is 0 Å². The number of hydrogen-bond donors (Lipinski definition) is 2. The summed E-state index contributed by atoms with van der Waals surface area (Å²) in [6.45, 7) is 5.45. The Labute approximate surface area is 155 Å². The van der Waals surface area contributed by atoms with E-state index in [1.54, 1.807) is 0 Å². The maximum Gasteiger partial charge on any atom is 0.256 e. The Morgan fingerprint density at radius 2 is 2.04 bits per heavy atom. The second-order valence-corrected chi connectivity index (χ2v) is 7.44. The standard InChI is InChI=1S/C20H30N4O2/c1-23-11-4-12-24(14-13-23)20(26)17-5-2-3-6-18(17)22-19(25)8-7-16-9-10-21-15-16/h2-3,5-6,16,21H,4,7-15H2,1H3,(H,22,25). The second-order valence-electron chi connectivity index (χ2n) is 7.44. The molecule has 26 heavy (non-hydrogen) atoms. The molecule has 1 atom stereocenters. The molecule has 2 aliphatic heterocycles. The van der Waals surface area contributed by atoms with Crippen molar-refractivity contribution in [2.45, 2.75) is 25.7 Å². The van der Waals surface area contributed by atoms with E-state index in [4.69, 9.17) is 0 Å². The van der Waals surface area contributed by atoms with E-state index in [2.05, 4.69) is 22.6 Å². The lowest BCUT2D eigenvalue weighted by atomic mass is 10.0. The molecule has 2 fully saturated rings. The zero-order valence-electron chi connectivity index (χ0n) is 15.7. The van der Waals surface area contributed by atoms with Crippen LogP contribution in [0.5, 0.6) is 0 Å². The number of hydrogen-bond acceptors (Lipinski definition) is 4. The van der Waals surface area contributed by atoms with Gasteiger partial charge >= 0.3 is 0 Å². The van der Waals surface area contributed by atoms with E-state index in [1.807, 2.05) is 29.2 Å². The van der Waals surface area contributed by atoms with E-state index in [1.165, 1.54) is 0 Å². The van der Waals surface area contributed by atoms with Gasteiger partial charge in [0.15, 0.2) is 0 Å². The molecule has 0 saturated carbocycles. The molecule has 3 rings (SSSR count). The molecule has 6 heteroatoms. The summed E-state index contributed by atoms with van der Waals surface area (Å²) >= 11 is 0. The van der Waals surface area contributed by atoms with Crippen molar-refractivity contribution < 1.29 is 9.59 Å². The second kappa shape index (κ2) is 9.14. The van der Waals surface area contributed by atoms with Gasteiger partial charge in [0.25, 0.3) is 5.91 Å². The number of likely N-dealkylation sites (N-methyl/N-ethyl adjacent to an activating group) is 1. The lowest BCUT2D eigenvalue weighted by molar-refractivity contribution is -0.116. The Morgan fingerprint density at radius 3 is 2.85 bits per heavy atom. The minimum Gasteiger partial charge on any atom is -0.337 e. The van der Waals surface area contributed by atoms with Crippen molar-refractivity contribution in [2.24, 2.45) is 5.92 Å². The summed E-state index contributed by atoms with van der Waals surface area (Å²) in [6, 6.07) is 7.36. The van der Waals surface area contributed by atoms with E-state index < -0.39 is 0 Å². The Morgan fingerprint density at radius 1 is 1.19 bits per heavy atom. The zero-order valence-corrected chi connectivity index (χ0v) is 15.7. The lowest BCUT2D eigenvalue weighted by Gasteiger charge is -2.22. The van der Waals surface area contributed by atoms with Crippen molar-refractivity contribution in [1.82, 2.24) is 15.1 Å². The van der Waals surface area contributed by atoms with E-state index >= 15 is 0 Å². The first kappa shape index (κ1) is 18.9. The first-order valence-electron chi connectivity index (χ1n) is 9.71. The molecular weight excluding hydrogens is 328 g/mol.